The molecule has 0 aliphatic carbocycles. The van der Waals surface area contributed by atoms with E-state index in [4.69, 9.17) is 0 Å². The standard InChI is InChI=1S/C11H17N5/c1-3-12-7-8-13-11-14-10-6-4-5-9(2)16(10)15-11/h4-6,12H,3,7-8H2,1-2H3,(H,13,15). The number of aromatic nitrogens is 3. The maximum Gasteiger partial charge on any atom is 0.243 e. The summed E-state index contributed by atoms with van der Waals surface area (Å²) in [4.78, 5) is 4.38. The van der Waals surface area contributed by atoms with E-state index in [0.717, 1.165) is 31.0 Å². The SMILES string of the molecule is CCNCCNc1nc2cccc(C)n2n1. The largest absolute Gasteiger partial charge is 0.352 e. The van der Waals surface area contributed by atoms with Crippen LogP contribution in [0.15, 0.2) is 18.2 Å². The molecule has 0 aromatic carbocycles. The normalized spacial score (nSPS) is 10.9. The third-order valence-corrected chi connectivity index (χ3v) is 2.38. The number of aryl methyl sites for hydroxylation is 1. The molecule has 0 spiro atoms. The molecule has 2 rings (SSSR count). The molecular weight excluding hydrogens is 202 g/mol. The number of hydrogen-bond donors (Lipinski definition) is 2. The minimum atomic E-state index is 0.687. The lowest BCUT2D eigenvalue weighted by atomic mass is 10.4. The van der Waals surface area contributed by atoms with E-state index in [1.165, 1.54) is 0 Å². The summed E-state index contributed by atoms with van der Waals surface area (Å²) >= 11 is 0. The number of rotatable bonds is 5. The van der Waals surface area contributed by atoms with Crippen molar-refractivity contribution in [2.24, 2.45) is 0 Å². The summed E-state index contributed by atoms with van der Waals surface area (Å²) < 4.78 is 1.84. The fourth-order valence-corrected chi connectivity index (χ4v) is 1.55. The minimum absolute atomic E-state index is 0.687. The molecule has 2 aromatic rings. The highest BCUT2D eigenvalue weighted by atomic mass is 15.3. The van der Waals surface area contributed by atoms with Gasteiger partial charge in [0.2, 0.25) is 5.95 Å². The Balaban J connectivity index is 2.05. The lowest BCUT2D eigenvalue weighted by Crippen LogP contribution is -2.21. The van der Waals surface area contributed by atoms with Crippen molar-refractivity contribution in [3.63, 3.8) is 0 Å². The monoisotopic (exact) mass is 219 g/mol. The van der Waals surface area contributed by atoms with E-state index in [-0.39, 0.29) is 0 Å². The number of likely N-dealkylation sites (N-methyl/N-ethyl adjacent to an activating group) is 1. The van der Waals surface area contributed by atoms with Gasteiger partial charge in [0.1, 0.15) is 0 Å². The van der Waals surface area contributed by atoms with Gasteiger partial charge in [-0.1, -0.05) is 13.0 Å². The molecule has 0 aliphatic rings. The lowest BCUT2D eigenvalue weighted by molar-refractivity contribution is 0.735. The molecule has 0 bridgehead atoms. The van der Waals surface area contributed by atoms with Crippen molar-refractivity contribution in [2.75, 3.05) is 25.0 Å². The van der Waals surface area contributed by atoms with Gasteiger partial charge in [0, 0.05) is 18.8 Å². The number of nitrogens with zero attached hydrogens (tertiary/aromatic N) is 3. The summed E-state index contributed by atoms with van der Waals surface area (Å²) in [5, 5.41) is 10.8. The summed E-state index contributed by atoms with van der Waals surface area (Å²) in [6.07, 6.45) is 0. The molecule has 0 fully saturated rings. The van der Waals surface area contributed by atoms with Gasteiger partial charge in [0.05, 0.1) is 0 Å². The van der Waals surface area contributed by atoms with Gasteiger partial charge in [-0.05, 0) is 25.6 Å². The first-order chi connectivity index (χ1) is 7.81. The number of pyridine rings is 1. The minimum Gasteiger partial charge on any atom is -0.352 e. The van der Waals surface area contributed by atoms with Gasteiger partial charge in [-0.15, -0.1) is 5.10 Å². The van der Waals surface area contributed by atoms with Crippen LogP contribution >= 0.6 is 0 Å². The Labute approximate surface area is 94.9 Å². The molecule has 2 N–H and O–H groups in total. The highest BCUT2D eigenvalue weighted by Crippen LogP contribution is 2.07. The van der Waals surface area contributed by atoms with E-state index >= 15 is 0 Å². The highest BCUT2D eigenvalue weighted by Gasteiger charge is 2.03. The van der Waals surface area contributed by atoms with Crippen LogP contribution in [0.3, 0.4) is 0 Å². The average Bonchev–Trinajstić information content (AvgIpc) is 2.69. The smallest absolute Gasteiger partial charge is 0.243 e. The number of fused-ring (bicyclic) bond motifs is 1. The first kappa shape index (κ1) is 10.9. The second-order valence-corrected chi connectivity index (χ2v) is 3.65. The van der Waals surface area contributed by atoms with Gasteiger partial charge < -0.3 is 10.6 Å². The molecule has 0 unspecified atom stereocenters. The molecule has 0 saturated heterocycles. The van der Waals surface area contributed by atoms with Crippen LogP contribution in [0.5, 0.6) is 0 Å². The van der Waals surface area contributed by atoms with E-state index < -0.39 is 0 Å². The van der Waals surface area contributed by atoms with E-state index in [0.29, 0.717) is 5.95 Å². The molecule has 86 valence electrons. The molecule has 2 heterocycles. The van der Waals surface area contributed by atoms with E-state index in [1.54, 1.807) is 0 Å². The Morgan fingerprint density at radius 2 is 2.19 bits per heavy atom. The summed E-state index contributed by atoms with van der Waals surface area (Å²) in [6.45, 7) is 6.85. The van der Waals surface area contributed by atoms with Gasteiger partial charge in [-0.2, -0.15) is 4.98 Å². The van der Waals surface area contributed by atoms with Crippen molar-refractivity contribution in [1.29, 1.82) is 0 Å². The molecule has 5 nitrogen and oxygen atoms in total. The molecule has 16 heavy (non-hydrogen) atoms. The van der Waals surface area contributed by atoms with Crippen LogP contribution in [0.4, 0.5) is 5.95 Å². The number of nitrogens with one attached hydrogen (secondary N) is 2. The van der Waals surface area contributed by atoms with E-state index in [1.807, 2.05) is 29.6 Å². The van der Waals surface area contributed by atoms with Crippen molar-refractivity contribution in [3.05, 3.63) is 23.9 Å². The maximum absolute atomic E-state index is 4.38. The van der Waals surface area contributed by atoms with E-state index in [9.17, 15) is 0 Å². The van der Waals surface area contributed by atoms with Crippen molar-refractivity contribution in [3.8, 4) is 0 Å². The predicted molar refractivity (Wildman–Crippen MR) is 64.8 cm³/mol. The molecule has 0 amide bonds. The molecule has 0 radical (unpaired) electrons. The van der Waals surface area contributed by atoms with Crippen molar-refractivity contribution >= 4 is 11.6 Å². The molecule has 0 aliphatic heterocycles. The lowest BCUT2D eigenvalue weighted by Gasteiger charge is -2.01. The quantitative estimate of drug-likeness (QED) is 0.738. The third-order valence-electron chi connectivity index (χ3n) is 2.38. The Morgan fingerprint density at radius 3 is 2.94 bits per heavy atom. The summed E-state index contributed by atoms with van der Waals surface area (Å²) in [5.41, 5.74) is 1.97. The fourth-order valence-electron chi connectivity index (χ4n) is 1.55. The van der Waals surface area contributed by atoms with Crippen LogP contribution in [0, 0.1) is 6.92 Å². The summed E-state index contributed by atoms with van der Waals surface area (Å²) in [6, 6.07) is 5.96. The Kier molecular flexibility index (Phi) is 3.36. The van der Waals surface area contributed by atoms with Crippen LogP contribution < -0.4 is 10.6 Å². The van der Waals surface area contributed by atoms with E-state index in [2.05, 4.69) is 27.6 Å². The molecule has 0 saturated carbocycles. The fraction of sp³-hybridized carbons (Fsp3) is 0.455. The van der Waals surface area contributed by atoms with Crippen LogP contribution in [0.2, 0.25) is 0 Å². The van der Waals surface area contributed by atoms with Gasteiger partial charge in [-0.25, -0.2) is 4.52 Å². The predicted octanol–water partition coefficient (Wildman–Crippen LogP) is 1.06. The van der Waals surface area contributed by atoms with Crippen molar-refractivity contribution < 1.29 is 0 Å². The maximum atomic E-state index is 4.38. The summed E-state index contributed by atoms with van der Waals surface area (Å²) in [7, 11) is 0. The zero-order valence-electron chi connectivity index (χ0n) is 9.70. The molecular formula is C11H17N5. The second-order valence-electron chi connectivity index (χ2n) is 3.65. The van der Waals surface area contributed by atoms with Gasteiger partial charge in [-0.3, -0.25) is 0 Å². The number of anilines is 1. The Morgan fingerprint density at radius 1 is 1.31 bits per heavy atom. The van der Waals surface area contributed by atoms with Gasteiger partial charge in [0.15, 0.2) is 5.65 Å². The van der Waals surface area contributed by atoms with Crippen LogP contribution in [0.1, 0.15) is 12.6 Å². The Bertz CT molecular complexity index is 462. The molecule has 0 atom stereocenters. The van der Waals surface area contributed by atoms with Crippen LogP contribution in [-0.4, -0.2) is 34.2 Å². The number of hydrogen-bond acceptors (Lipinski definition) is 4. The van der Waals surface area contributed by atoms with Crippen molar-refractivity contribution in [2.45, 2.75) is 13.8 Å². The first-order valence-electron chi connectivity index (χ1n) is 5.58. The average molecular weight is 219 g/mol. The van der Waals surface area contributed by atoms with Gasteiger partial charge in [0.25, 0.3) is 0 Å². The molecule has 2 aromatic heterocycles. The molecule has 5 heteroatoms. The van der Waals surface area contributed by atoms with Crippen LogP contribution in [-0.2, 0) is 0 Å². The second kappa shape index (κ2) is 4.94. The Hall–Kier alpha value is -1.62. The highest BCUT2D eigenvalue weighted by molar-refractivity contribution is 5.44. The topological polar surface area (TPSA) is 54.2 Å². The zero-order chi connectivity index (χ0) is 11.4. The zero-order valence-corrected chi connectivity index (χ0v) is 9.70. The van der Waals surface area contributed by atoms with Crippen LogP contribution in [0.25, 0.3) is 5.65 Å². The van der Waals surface area contributed by atoms with Crippen molar-refractivity contribution in [1.82, 2.24) is 19.9 Å². The first-order valence-corrected chi connectivity index (χ1v) is 5.58. The summed E-state index contributed by atoms with van der Waals surface area (Å²) in [5.74, 6) is 0.687. The van der Waals surface area contributed by atoms with Gasteiger partial charge >= 0.3 is 0 Å². The third kappa shape index (κ3) is 2.30.